The summed E-state index contributed by atoms with van der Waals surface area (Å²) >= 11 is 0. The molecule has 0 spiro atoms. The number of anilines is 4. The van der Waals surface area contributed by atoms with E-state index in [4.69, 9.17) is 15.2 Å². The number of nitrogens with zero attached hydrogens (tertiary/aromatic N) is 31. The highest BCUT2D eigenvalue weighted by molar-refractivity contribution is 7.90. The average Bonchev–Trinajstić information content (AvgIpc) is 1.66. The summed E-state index contributed by atoms with van der Waals surface area (Å²) in [4.78, 5) is 109. The average molecular weight is 2040 g/mol. The summed E-state index contributed by atoms with van der Waals surface area (Å²) in [7, 11) is -6.24. The van der Waals surface area contributed by atoms with Gasteiger partial charge in [0.2, 0.25) is 15.9 Å². The zero-order valence-corrected chi connectivity index (χ0v) is 78.6. The number of primary amides is 1. The van der Waals surface area contributed by atoms with Crippen molar-refractivity contribution in [2.24, 2.45) is 11.7 Å². The van der Waals surface area contributed by atoms with E-state index in [0.717, 1.165) is 67.7 Å². The minimum Gasteiger partial charge on any atom is -0.447 e. The molecule has 144 heavy (non-hydrogen) atoms. The maximum absolute atomic E-state index is 13.1. The Balaban J connectivity index is 0.000000119. The van der Waals surface area contributed by atoms with E-state index in [1.54, 1.807) is 54.1 Å². The second-order valence-electron chi connectivity index (χ2n) is 34.7. The van der Waals surface area contributed by atoms with Crippen molar-refractivity contribution in [3.63, 3.8) is 0 Å². The number of nitrogens with two attached hydrogens (primary N) is 1. The van der Waals surface area contributed by atoms with Crippen LogP contribution in [0.15, 0.2) is 153 Å². The van der Waals surface area contributed by atoms with Gasteiger partial charge >= 0.3 is 12.1 Å². The van der Waals surface area contributed by atoms with E-state index in [0.29, 0.717) is 189 Å². The van der Waals surface area contributed by atoms with Crippen LogP contribution in [-0.2, 0) is 34.1 Å². The number of piperazine rings is 2. The molecule has 4 amide bonds. The second-order valence-corrected chi connectivity index (χ2v) is 38.8. The number of hydrogen-bond donors (Lipinski definition) is 3. The highest BCUT2D eigenvalue weighted by Crippen LogP contribution is 2.36. The molecule has 15 aromatic heterocycles. The molecule has 7 aliphatic rings. The van der Waals surface area contributed by atoms with Gasteiger partial charge in [0.1, 0.15) is 110 Å². The molecule has 7 fully saturated rings. The molecule has 0 bridgehead atoms. The Morgan fingerprint density at radius 1 is 0.465 bits per heavy atom. The third kappa shape index (κ3) is 22.7. The maximum atomic E-state index is 13.1. The minimum atomic E-state index is -3.23. The second kappa shape index (κ2) is 42.6. The molecule has 7 saturated heterocycles. The summed E-state index contributed by atoms with van der Waals surface area (Å²) in [6.07, 6.45) is 6.93. The van der Waals surface area contributed by atoms with E-state index in [-0.39, 0.29) is 76.8 Å². The molecular formula is C89H92F10N34O9S2. The lowest BCUT2D eigenvalue weighted by atomic mass is 9.94. The topological polar surface area (TPSA) is 478 Å². The molecule has 0 aromatic carbocycles. The fourth-order valence-corrected chi connectivity index (χ4v) is 18.8. The first-order valence-electron chi connectivity index (χ1n) is 45.4. The number of alkyl halides is 10. The Hall–Kier alpha value is -15.1. The first kappa shape index (κ1) is 99.0. The fraction of sp³-hybridized carbons (Fsp3) is 0.393. The van der Waals surface area contributed by atoms with Crippen molar-refractivity contribution in [3.8, 4) is 56.8 Å². The summed E-state index contributed by atoms with van der Waals surface area (Å²) in [5, 5.41) is 22.8. The van der Waals surface area contributed by atoms with Crippen LogP contribution >= 0.6 is 0 Å². The quantitative estimate of drug-likeness (QED) is 0.0532. The van der Waals surface area contributed by atoms with Crippen LogP contribution < -0.4 is 35.4 Å². The summed E-state index contributed by atoms with van der Waals surface area (Å²) in [6, 6.07) is 22.9. The van der Waals surface area contributed by atoms with Gasteiger partial charge in [-0.2, -0.15) is 25.5 Å². The Morgan fingerprint density at radius 3 is 1.37 bits per heavy atom. The number of ether oxygens (including phenoxy) is 2. The van der Waals surface area contributed by atoms with Crippen LogP contribution in [0.1, 0.15) is 104 Å². The van der Waals surface area contributed by atoms with Gasteiger partial charge in [-0.15, -0.1) is 0 Å². The zero-order chi connectivity index (χ0) is 101. The zero-order valence-electron chi connectivity index (χ0n) is 77.0. The number of sulfone groups is 1. The van der Waals surface area contributed by atoms with Gasteiger partial charge in [0.05, 0.1) is 108 Å². The first-order valence-corrected chi connectivity index (χ1v) is 49.3. The maximum Gasteiger partial charge on any atom is 0.410 e. The van der Waals surface area contributed by atoms with Crippen LogP contribution in [0.2, 0.25) is 0 Å². The number of likely N-dealkylation sites (tertiary alicyclic amines) is 1. The molecule has 0 aliphatic carbocycles. The van der Waals surface area contributed by atoms with Crippen LogP contribution in [-0.4, -0.2) is 315 Å². The van der Waals surface area contributed by atoms with Gasteiger partial charge in [0.15, 0.2) is 34.3 Å². The SMILES string of the molecule is CS(=O)(=O)CCN1CCCC(c2cc(-c3cnc4ccc(C(F)F)nn34)ncn2)C1.Cc1ncc(-c2cnc3ccc(C(F)F)nn23)cc1N1CCCC(CNS(C)(=O)=O)C1.NC(=O)C1CN(c2cc(-c3cnc4ccc(C(F)F)nn34)ncn2)CCO1.O=C1NCC2CN(c3cc(-c4cnc5ccc(C(F)F)nn45)ncn3)CCN12.O=C1OC[C@@H]2CN(c3cc(-c4cnc5ccc(C(F)F)nn45)ncn3)CCN12. The van der Waals surface area contributed by atoms with E-state index in [9.17, 15) is 75.1 Å². The van der Waals surface area contributed by atoms with Crippen molar-refractivity contribution >= 4 is 89.3 Å². The fourth-order valence-electron chi connectivity index (χ4n) is 17.7. The molecule has 55 heteroatoms. The number of piperidine rings is 2. The third-order valence-electron chi connectivity index (χ3n) is 25.0. The van der Waals surface area contributed by atoms with Crippen molar-refractivity contribution in [3.05, 3.63) is 193 Å². The predicted octanol–water partition coefficient (Wildman–Crippen LogP) is 9.07. The molecule has 22 rings (SSSR count). The number of halogens is 10. The van der Waals surface area contributed by atoms with Crippen molar-refractivity contribution in [1.29, 1.82) is 0 Å². The van der Waals surface area contributed by atoms with Gasteiger partial charge in [0.25, 0.3) is 32.1 Å². The van der Waals surface area contributed by atoms with Crippen molar-refractivity contribution in [1.82, 2.24) is 143 Å². The van der Waals surface area contributed by atoms with E-state index in [1.807, 2.05) is 28.9 Å². The molecule has 22 heterocycles. The number of sulfonamides is 1. The smallest absolute Gasteiger partial charge is 0.410 e. The summed E-state index contributed by atoms with van der Waals surface area (Å²) in [5.41, 5.74) is 13.9. The molecule has 5 atom stereocenters. The molecule has 4 N–H and O–H groups in total. The lowest BCUT2D eigenvalue weighted by Gasteiger charge is -2.37. The first-order chi connectivity index (χ1) is 69.2. The number of amides is 4. The molecule has 7 aliphatic heterocycles. The Morgan fingerprint density at radius 2 is 0.903 bits per heavy atom. The van der Waals surface area contributed by atoms with Crippen LogP contribution in [0.4, 0.5) is 76.6 Å². The molecule has 4 unspecified atom stereocenters. The van der Waals surface area contributed by atoms with Crippen molar-refractivity contribution in [2.45, 2.75) is 88.8 Å². The number of fused-ring (bicyclic) bond motifs is 7. The highest BCUT2D eigenvalue weighted by atomic mass is 32.2. The van der Waals surface area contributed by atoms with Gasteiger partial charge < -0.3 is 49.9 Å². The molecular weight excluding hydrogens is 1940 g/mol. The molecule has 754 valence electrons. The number of urea groups is 1. The van der Waals surface area contributed by atoms with Crippen molar-refractivity contribution < 1.29 is 84.6 Å². The lowest BCUT2D eigenvalue weighted by molar-refractivity contribution is -0.130. The number of nitrogens with one attached hydrogen (secondary N) is 2. The summed E-state index contributed by atoms with van der Waals surface area (Å²) < 4.78 is 196. The molecule has 0 radical (unpaired) electrons. The van der Waals surface area contributed by atoms with Crippen LogP contribution in [0.3, 0.4) is 0 Å². The lowest BCUT2D eigenvalue weighted by Crippen LogP contribution is -2.52. The third-order valence-corrected chi connectivity index (χ3v) is 26.6. The van der Waals surface area contributed by atoms with Gasteiger partial charge in [-0.25, -0.2) is 162 Å². The van der Waals surface area contributed by atoms with E-state index in [1.165, 1.54) is 121 Å². The van der Waals surface area contributed by atoms with Crippen LogP contribution in [0.5, 0.6) is 0 Å². The normalized spacial score (nSPS) is 18.4. The van der Waals surface area contributed by atoms with E-state index < -0.39 is 64.0 Å². The van der Waals surface area contributed by atoms with Crippen LogP contribution in [0, 0.1) is 12.8 Å². The Bertz CT molecular complexity index is 7290. The predicted molar refractivity (Wildman–Crippen MR) is 499 cm³/mol. The molecule has 43 nitrogen and oxygen atoms in total. The van der Waals surface area contributed by atoms with E-state index >= 15 is 0 Å². The van der Waals surface area contributed by atoms with Gasteiger partial charge in [0, 0.05) is 133 Å². The number of aryl methyl sites for hydroxylation is 1. The number of carbonyl (C=O) groups is 3. The molecule has 0 saturated carbocycles. The Labute approximate surface area is 812 Å². The number of carbonyl (C=O) groups excluding carboxylic acids is 3. The van der Waals surface area contributed by atoms with E-state index in [2.05, 4.69) is 125 Å². The number of rotatable bonds is 22. The Kier molecular flexibility index (Phi) is 29.3. The number of morpholine rings is 1. The van der Waals surface area contributed by atoms with Gasteiger partial charge in [-0.05, 0) is 118 Å². The van der Waals surface area contributed by atoms with Gasteiger partial charge in [-0.1, -0.05) is 0 Å². The number of hydrogen-bond acceptors (Lipinski definition) is 33. The number of cyclic esters (lactones) is 1. The van der Waals surface area contributed by atoms with Crippen LogP contribution in [0.25, 0.3) is 85.0 Å². The number of aromatic nitrogens is 24. The monoisotopic (exact) mass is 2030 g/mol. The number of pyridine rings is 1. The van der Waals surface area contributed by atoms with Crippen molar-refractivity contribution in [2.75, 3.05) is 149 Å². The minimum absolute atomic E-state index is 0.00858. The standard InChI is InChI=1S/C20H24F2N6O2S.C19H22F2N6O2S.C17H16F2N8O.C17H15F2N7O2.C16H15F2N7O2/c1-13-17(27-7-3-4-14(12-27)9-25-31(2,29)30)8-15(10-23-13)18-11-24-19-6-5-16(20(21)22)26-28(18)19;1-30(28,29)8-7-26-6-2-3-13(11-26)15-9-16(24-12-23-15)17-10-22-18-5-4-14(19(20)21)25-27(17)18;18-16(19)11-1-2-14-20-7-13(27(14)24-11)12-5-15(23-9-22-12)25-3-4-26-10(8-25)6-21-17(26)28;18-16(19)11-1-2-14-20-6-13(26(14)23-11)12-5-15(22-9-21-12)24-3-4-25-10(7-24)8-28-17(25)27;17-15(18)9-1-2-13-20-6-11(25(13)23-9)10-5-14(22-8-21-10)24-3-4-27-12(7-24)16(19)26/h5-6,8,10-11,14,20,25H,3-4,7,9,12H2,1-2H3;4-5,9-10,12-13,19H,2-3,6-8,11H2,1H3;1-2,5,7,9-10,16H,3-4,6,8H2,(H,21,28);1-2,5-6,9-10,16H,3-4,7-8H2;1-2,5-6,8,12,15H,3-4,7H2,(H2,19,26)/t;;;10-;/m...0./s1. The molecule has 15 aromatic rings. The summed E-state index contributed by atoms with van der Waals surface area (Å²) in [5.74, 6) is 1.89. The van der Waals surface area contributed by atoms with Gasteiger partial charge in [-0.3, -0.25) is 14.7 Å². The highest BCUT2D eigenvalue weighted by Gasteiger charge is 2.40. The number of imidazole rings is 5. The summed E-state index contributed by atoms with van der Waals surface area (Å²) in [6.45, 7) is 11.7. The largest absolute Gasteiger partial charge is 0.447 e.